The second-order valence-corrected chi connectivity index (χ2v) is 7.33. The van der Waals surface area contributed by atoms with Gasteiger partial charge in [-0.25, -0.2) is 0 Å². The lowest BCUT2D eigenvalue weighted by Crippen LogP contribution is -2.40. The topological polar surface area (TPSA) is 29.5 Å². The van der Waals surface area contributed by atoms with Crippen LogP contribution in [-0.4, -0.2) is 29.6 Å². The van der Waals surface area contributed by atoms with Gasteiger partial charge in [0, 0.05) is 13.1 Å². The molecular weight excluding hydrogens is 238 g/mol. The van der Waals surface area contributed by atoms with Crippen LogP contribution in [0.3, 0.4) is 0 Å². The van der Waals surface area contributed by atoms with Gasteiger partial charge in [-0.2, -0.15) is 0 Å². The van der Waals surface area contributed by atoms with Gasteiger partial charge in [-0.1, -0.05) is 19.9 Å². The molecule has 1 rings (SSSR count). The van der Waals surface area contributed by atoms with E-state index in [1.54, 1.807) is 0 Å². The summed E-state index contributed by atoms with van der Waals surface area (Å²) in [6, 6.07) is 0. The summed E-state index contributed by atoms with van der Waals surface area (Å²) >= 11 is 0. The summed E-state index contributed by atoms with van der Waals surface area (Å²) in [4.78, 5) is 14.4. The van der Waals surface area contributed by atoms with Crippen molar-refractivity contribution in [3.8, 4) is 0 Å². The second-order valence-electron chi connectivity index (χ2n) is 7.33. The van der Waals surface area contributed by atoms with Crippen molar-refractivity contribution in [2.45, 2.75) is 47.1 Å². The van der Waals surface area contributed by atoms with E-state index in [0.29, 0.717) is 6.54 Å². The molecule has 0 aromatic rings. The maximum atomic E-state index is 12.2. The molecule has 0 bridgehead atoms. The molecule has 1 heterocycles. The average Bonchev–Trinajstić information content (AvgIpc) is 2.58. The fraction of sp³-hybridized carbons (Fsp3) is 0.688. The molecule has 1 aliphatic rings. The van der Waals surface area contributed by atoms with Crippen LogP contribution in [0.15, 0.2) is 24.9 Å². The van der Waals surface area contributed by atoms with Gasteiger partial charge in [0.05, 0.1) is 0 Å². The molecule has 1 unspecified atom stereocenters. The van der Waals surface area contributed by atoms with Crippen molar-refractivity contribution in [2.75, 3.05) is 13.1 Å². The molecule has 1 atom stereocenters. The van der Waals surface area contributed by atoms with Crippen molar-refractivity contribution >= 4 is 5.97 Å². The third-order valence-corrected chi connectivity index (χ3v) is 3.21. The van der Waals surface area contributed by atoms with E-state index in [-0.39, 0.29) is 11.4 Å². The summed E-state index contributed by atoms with van der Waals surface area (Å²) in [5.41, 5.74) is -0.963. The SMILES string of the molecule is C=CC(C)(C)CN1C=CC(C)(C(=O)OC(C)(C)C)C1. The quantitative estimate of drug-likeness (QED) is 0.576. The lowest BCUT2D eigenvalue weighted by molar-refractivity contribution is -0.163. The first-order valence-electron chi connectivity index (χ1n) is 6.78. The summed E-state index contributed by atoms with van der Waals surface area (Å²) in [5.74, 6) is -0.157. The fourth-order valence-corrected chi connectivity index (χ4v) is 2.02. The number of ether oxygens (including phenoxy) is 1. The third kappa shape index (κ3) is 4.41. The molecule has 0 aromatic heterocycles. The highest BCUT2D eigenvalue weighted by Crippen LogP contribution is 2.32. The van der Waals surface area contributed by atoms with E-state index < -0.39 is 11.0 Å². The number of rotatable bonds is 4. The maximum Gasteiger partial charge on any atom is 0.318 e. The number of esters is 1. The Balaban J connectivity index is 2.67. The van der Waals surface area contributed by atoms with Crippen LogP contribution in [0.1, 0.15) is 41.5 Å². The Bertz CT molecular complexity index is 390. The Kier molecular flexibility index (Phi) is 4.18. The van der Waals surface area contributed by atoms with Crippen LogP contribution in [0.5, 0.6) is 0 Å². The van der Waals surface area contributed by atoms with Gasteiger partial charge in [0.15, 0.2) is 0 Å². The zero-order chi connectivity index (χ0) is 14.9. The molecule has 19 heavy (non-hydrogen) atoms. The van der Waals surface area contributed by atoms with Crippen LogP contribution in [0.2, 0.25) is 0 Å². The van der Waals surface area contributed by atoms with Crippen molar-refractivity contribution in [1.82, 2.24) is 4.90 Å². The Labute approximate surface area is 117 Å². The summed E-state index contributed by atoms with van der Waals surface area (Å²) < 4.78 is 5.49. The minimum absolute atomic E-state index is 0.0313. The minimum atomic E-state index is -0.551. The average molecular weight is 265 g/mol. The number of carbonyl (C=O) groups is 1. The zero-order valence-electron chi connectivity index (χ0n) is 13.1. The molecule has 0 spiro atoms. The molecule has 0 aromatic carbocycles. The van der Waals surface area contributed by atoms with E-state index in [2.05, 4.69) is 25.3 Å². The first-order valence-corrected chi connectivity index (χ1v) is 6.78. The molecule has 0 amide bonds. The predicted molar refractivity (Wildman–Crippen MR) is 78.6 cm³/mol. The highest BCUT2D eigenvalue weighted by molar-refractivity contribution is 5.80. The standard InChI is InChI=1S/C16H27NO2/c1-8-15(5,6)11-17-10-9-16(7,12-17)13(18)19-14(2,3)4/h8-10H,1,11-12H2,2-7H3. The monoisotopic (exact) mass is 265 g/mol. The van der Waals surface area contributed by atoms with Gasteiger partial charge in [-0.05, 0) is 45.4 Å². The molecule has 0 saturated carbocycles. The van der Waals surface area contributed by atoms with E-state index in [1.807, 2.05) is 46.0 Å². The van der Waals surface area contributed by atoms with Gasteiger partial charge < -0.3 is 9.64 Å². The Morgan fingerprint density at radius 2 is 2.00 bits per heavy atom. The first kappa shape index (κ1) is 15.8. The van der Waals surface area contributed by atoms with E-state index >= 15 is 0 Å². The Morgan fingerprint density at radius 3 is 2.47 bits per heavy atom. The van der Waals surface area contributed by atoms with Crippen molar-refractivity contribution in [3.63, 3.8) is 0 Å². The number of carbonyl (C=O) groups excluding carboxylic acids is 1. The Hall–Kier alpha value is -1.25. The van der Waals surface area contributed by atoms with Gasteiger partial charge in [0.2, 0.25) is 0 Å². The van der Waals surface area contributed by atoms with Crippen molar-refractivity contribution in [3.05, 3.63) is 24.9 Å². The Morgan fingerprint density at radius 1 is 1.42 bits per heavy atom. The first-order chi connectivity index (χ1) is 8.47. The highest BCUT2D eigenvalue weighted by Gasteiger charge is 2.40. The molecule has 3 nitrogen and oxygen atoms in total. The number of nitrogens with zero attached hydrogens (tertiary/aromatic N) is 1. The van der Waals surface area contributed by atoms with Gasteiger partial charge >= 0.3 is 5.97 Å². The summed E-state index contributed by atoms with van der Waals surface area (Å²) in [5, 5.41) is 0. The molecule has 108 valence electrons. The molecule has 0 fully saturated rings. The summed E-state index contributed by atoms with van der Waals surface area (Å²) in [6.07, 6.45) is 5.89. The molecule has 0 aliphatic carbocycles. The second kappa shape index (κ2) is 5.03. The van der Waals surface area contributed by atoms with E-state index in [0.717, 1.165) is 6.54 Å². The molecular formula is C16H27NO2. The van der Waals surface area contributed by atoms with Crippen LogP contribution >= 0.6 is 0 Å². The summed E-state index contributed by atoms with van der Waals surface area (Å²) in [6.45, 7) is 17.3. The predicted octanol–water partition coefficient (Wildman–Crippen LogP) is 3.38. The third-order valence-electron chi connectivity index (χ3n) is 3.21. The molecule has 0 saturated heterocycles. The van der Waals surface area contributed by atoms with Gasteiger partial charge in [0.25, 0.3) is 0 Å². The van der Waals surface area contributed by atoms with E-state index in [4.69, 9.17) is 4.74 Å². The normalized spacial score (nSPS) is 23.6. The smallest absolute Gasteiger partial charge is 0.318 e. The lowest BCUT2D eigenvalue weighted by Gasteiger charge is -2.31. The maximum absolute atomic E-state index is 12.2. The van der Waals surface area contributed by atoms with Crippen molar-refractivity contribution < 1.29 is 9.53 Å². The highest BCUT2D eigenvalue weighted by atomic mass is 16.6. The van der Waals surface area contributed by atoms with Gasteiger partial charge in [0.1, 0.15) is 11.0 Å². The van der Waals surface area contributed by atoms with Crippen LogP contribution < -0.4 is 0 Å². The molecule has 3 heteroatoms. The van der Waals surface area contributed by atoms with Crippen LogP contribution in [0.4, 0.5) is 0 Å². The van der Waals surface area contributed by atoms with Crippen LogP contribution in [-0.2, 0) is 9.53 Å². The molecule has 1 aliphatic heterocycles. The number of hydrogen-bond donors (Lipinski definition) is 0. The van der Waals surface area contributed by atoms with E-state index in [9.17, 15) is 4.79 Å². The van der Waals surface area contributed by atoms with E-state index in [1.165, 1.54) is 0 Å². The number of hydrogen-bond acceptors (Lipinski definition) is 3. The molecule has 0 radical (unpaired) electrons. The fourth-order valence-electron chi connectivity index (χ4n) is 2.02. The van der Waals surface area contributed by atoms with Gasteiger partial charge in [-0.3, -0.25) is 4.79 Å². The summed E-state index contributed by atoms with van der Waals surface area (Å²) in [7, 11) is 0. The van der Waals surface area contributed by atoms with Crippen molar-refractivity contribution in [1.29, 1.82) is 0 Å². The molecule has 0 N–H and O–H groups in total. The minimum Gasteiger partial charge on any atom is -0.459 e. The lowest BCUT2D eigenvalue weighted by atomic mass is 9.90. The van der Waals surface area contributed by atoms with Crippen LogP contribution in [0, 0.1) is 10.8 Å². The van der Waals surface area contributed by atoms with Gasteiger partial charge in [-0.15, -0.1) is 6.58 Å². The largest absolute Gasteiger partial charge is 0.459 e. The van der Waals surface area contributed by atoms with Crippen LogP contribution in [0.25, 0.3) is 0 Å². The van der Waals surface area contributed by atoms with Crippen molar-refractivity contribution in [2.24, 2.45) is 10.8 Å². The zero-order valence-corrected chi connectivity index (χ0v) is 13.1.